The monoisotopic (exact) mass is 282 g/mol. The first kappa shape index (κ1) is 13.6. The van der Waals surface area contributed by atoms with Crippen molar-refractivity contribution in [2.45, 2.75) is 6.04 Å². The molecule has 0 fully saturated rings. The van der Waals surface area contributed by atoms with Gasteiger partial charge in [-0.25, -0.2) is 5.43 Å². The van der Waals surface area contributed by atoms with E-state index in [4.69, 9.17) is 10.6 Å². The largest absolute Gasteiger partial charge is 0.493 e. The van der Waals surface area contributed by atoms with Gasteiger partial charge in [0.15, 0.2) is 5.75 Å². The highest BCUT2D eigenvalue weighted by molar-refractivity contribution is 5.83. The number of methoxy groups -OCH3 is 1. The fraction of sp³-hybridized carbons (Fsp3) is 0.188. The Morgan fingerprint density at radius 3 is 2.67 bits per heavy atom. The summed E-state index contributed by atoms with van der Waals surface area (Å²) in [6, 6.07) is 14.4. The number of rotatable bonds is 4. The average Bonchev–Trinajstić information content (AvgIpc) is 2.89. The van der Waals surface area contributed by atoms with Crippen molar-refractivity contribution in [3.63, 3.8) is 0 Å². The van der Waals surface area contributed by atoms with Gasteiger partial charge in [0.2, 0.25) is 0 Å². The molecule has 0 radical (unpaired) electrons. The summed E-state index contributed by atoms with van der Waals surface area (Å²) in [5.41, 5.74) is 4.83. The summed E-state index contributed by atoms with van der Waals surface area (Å²) in [6.45, 7) is 0. The van der Waals surface area contributed by atoms with Crippen LogP contribution in [0.4, 0.5) is 0 Å². The number of aryl methyl sites for hydroxylation is 1. The van der Waals surface area contributed by atoms with Gasteiger partial charge in [0.05, 0.1) is 19.3 Å². The molecule has 5 nitrogen and oxygen atoms in total. The number of fused-ring (bicyclic) bond motifs is 1. The molecule has 1 atom stereocenters. The average molecular weight is 282 g/mol. The number of nitrogens with two attached hydrogens (primary N) is 1. The van der Waals surface area contributed by atoms with E-state index in [1.54, 1.807) is 18.0 Å². The van der Waals surface area contributed by atoms with Gasteiger partial charge in [0, 0.05) is 7.05 Å². The number of hydrogen-bond acceptors (Lipinski definition) is 4. The lowest BCUT2D eigenvalue weighted by Crippen LogP contribution is -2.30. The summed E-state index contributed by atoms with van der Waals surface area (Å²) in [5.74, 6) is 6.50. The highest BCUT2D eigenvalue weighted by atomic mass is 16.5. The smallest absolute Gasteiger partial charge is 0.161 e. The van der Waals surface area contributed by atoms with Crippen molar-refractivity contribution in [2.24, 2.45) is 12.9 Å². The van der Waals surface area contributed by atoms with Gasteiger partial charge in [-0.15, -0.1) is 0 Å². The normalized spacial score (nSPS) is 12.5. The van der Waals surface area contributed by atoms with E-state index in [1.807, 2.05) is 19.2 Å². The van der Waals surface area contributed by atoms with Gasteiger partial charge in [0.25, 0.3) is 0 Å². The van der Waals surface area contributed by atoms with Crippen LogP contribution in [0.25, 0.3) is 10.8 Å². The number of hydrogen-bond donors (Lipinski definition) is 2. The van der Waals surface area contributed by atoms with Gasteiger partial charge in [-0.3, -0.25) is 10.5 Å². The van der Waals surface area contributed by atoms with Crippen molar-refractivity contribution in [2.75, 3.05) is 7.11 Å². The first-order valence-electron chi connectivity index (χ1n) is 6.75. The maximum atomic E-state index is 5.79. The molecule has 1 unspecified atom stereocenters. The minimum atomic E-state index is -0.183. The Labute approximate surface area is 123 Å². The number of hydrazine groups is 1. The Kier molecular flexibility index (Phi) is 3.60. The molecule has 1 aromatic heterocycles. The molecule has 0 aliphatic rings. The zero-order chi connectivity index (χ0) is 14.8. The van der Waals surface area contributed by atoms with Crippen LogP contribution in [0.5, 0.6) is 5.75 Å². The molecule has 108 valence electrons. The van der Waals surface area contributed by atoms with Crippen LogP contribution in [0, 0.1) is 0 Å². The molecule has 3 rings (SSSR count). The Balaban J connectivity index is 2.11. The van der Waals surface area contributed by atoms with Crippen LogP contribution < -0.4 is 16.0 Å². The Morgan fingerprint density at radius 2 is 1.95 bits per heavy atom. The van der Waals surface area contributed by atoms with Crippen LogP contribution in [0.3, 0.4) is 0 Å². The Hall–Kier alpha value is -2.37. The molecule has 0 saturated heterocycles. The third-order valence-corrected chi connectivity index (χ3v) is 3.72. The van der Waals surface area contributed by atoms with Crippen LogP contribution in [-0.4, -0.2) is 16.9 Å². The fourth-order valence-corrected chi connectivity index (χ4v) is 2.63. The van der Waals surface area contributed by atoms with E-state index in [0.29, 0.717) is 5.75 Å². The van der Waals surface area contributed by atoms with Gasteiger partial charge in [0.1, 0.15) is 5.69 Å². The van der Waals surface area contributed by atoms with Crippen molar-refractivity contribution in [3.05, 3.63) is 59.9 Å². The quantitative estimate of drug-likeness (QED) is 0.568. The zero-order valence-corrected chi connectivity index (χ0v) is 12.1. The summed E-state index contributed by atoms with van der Waals surface area (Å²) in [6.07, 6.45) is 1.70. The standard InChI is InChI=1S/C16H18N4O/c1-20-16(14(21-2)10-18-20)15(19-17)13-8-7-11-5-3-4-6-12(11)9-13/h3-10,15,19H,17H2,1-2H3. The maximum Gasteiger partial charge on any atom is 0.161 e. The number of nitrogens with zero attached hydrogens (tertiary/aromatic N) is 2. The summed E-state index contributed by atoms with van der Waals surface area (Å²) in [5, 5.41) is 6.62. The van der Waals surface area contributed by atoms with Crippen LogP contribution in [0.1, 0.15) is 17.3 Å². The lowest BCUT2D eigenvalue weighted by molar-refractivity contribution is 0.401. The van der Waals surface area contributed by atoms with E-state index in [-0.39, 0.29) is 6.04 Å². The minimum absolute atomic E-state index is 0.183. The second-order valence-corrected chi connectivity index (χ2v) is 4.93. The topological polar surface area (TPSA) is 65.1 Å². The fourth-order valence-electron chi connectivity index (χ4n) is 2.63. The van der Waals surface area contributed by atoms with Gasteiger partial charge in [-0.2, -0.15) is 5.10 Å². The zero-order valence-electron chi connectivity index (χ0n) is 12.1. The summed E-state index contributed by atoms with van der Waals surface area (Å²) >= 11 is 0. The Bertz CT molecular complexity index is 766. The lowest BCUT2D eigenvalue weighted by atomic mass is 10.00. The second kappa shape index (κ2) is 5.55. The van der Waals surface area contributed by atoms with Gasteiger partial charge in [-0.1, -0.05) is 36.4 Å². The third-order valence-electron chi connectivity index (χ3n) is 3.72. The van der Waals surface area contributed by atoms with Crippen molar-refractivity contribution >= 4 is 10.8 Å². The lowest BCUT2D eigenvalue weighted by Gasteiger charge is -2.18. The van der Waals surface area contributed by atoms with E-state index >= 15 is 0 Å². The van der Waals surface area contributed by atoms with Crippen LogP contribution in [0.2, 0.25) is 0 Å². The predicted octanol–water partition coefficient (Wildman–Crippen LogP) is 2.13. The molecule has 0 aliphatic heterocycles. The highest BCUT2D eigenvalue weighted by Gasteiger charge is 2.21. The van der Waals surface area contributed by atoms with Crippen molar-refractivity contribution in [1.29, 1.82) is 0 Å². The van der Waals surface area contributed by atoms with Crippen LogP contribution >= 0.6 is 0 Å². The number of nitrogens with one attached hydrogen (secondary N) is 1. The molecule has 3 N–H and O–H groups in total. The van der Waals surface area contributed by atoms with Gasteiger partial charge in [-0.05, 0) is 22.4 Å². The van der Waals surface area contributed by atoms with Crippen LogP contribution in [-0.2, 0) is 7.05 Å². The van der Waals surface area contributed by atoms with Crippen molar-refractivity contribution < 1.29 is 4.74 Å². The summed E-state index contributed by atoms with van der Waals surface area (Å²) in [7, 11) is 3.51. The van der Waals surface area contributed by atoms with E-state index in [9.17, 15) is 0 Å². The first-order chi connectivity index (χ1) is 10.2. The van der Waals surface area contributed by atoms with Gasteiger partial charge >= 0.3 is 0 Å². The summed E-state index contributed by atoms with van der Waals surface area (Å²) < 4.78 is 7.16. The van der Waals surface area contributed by atoms with E-state index < -0.39 is 0 Å². The van der Waals surface area contributed by atoms with Crippen molar-refractivity contribution in [3.8, 4) is 5.75 Å². The minimum Gasteiger partial charge on any atom is -0.493 e. The maximum absolute atomic E-state index is 5.79. The highest BCUT2D eigenvalue weighted by Crippen LogP contribution is 2.30. The molecule has 0 amide bonds. The molecule has 1 heterocycles. The first-order valence-corrected chi connectivity index (χ1v) is 6.75. The SMILES string of the molecule is COc1cnn(C)c1C(NN)c1ccc2ccccc2c1. The third kappa shape index (κ3) is 2.37. The number of aromatic nitrogens is 2. The van der Waals surface area contributed by atoms with Gasteiger partial charge < -0.3 is 4.74 Å². The van der Waals surface area contributed by atoms with Crippen LogP contribution in [0.15, 0.2) is 48.7 Å². The number of benzene rings is 2. The molecular weight excluding hydrogens is 264 g/mol. The molecule has 0 aliphatic carbocycles. The molecule has 21 heavy (non-hydrogen) atoms. The van der Waals surface area contributed by atoms with E-state index in [1.165, 1.54) is 10.8 Å². The Morgan fingerprint density at radius 1 is 1.19 bits per heavy atom. The summed E-state index contributed by atoms with van der Waals surface area (Å²) in [4.78, 5) is 0. The molecule has 0 saturated carbocycles. The van der Waals surface area contributed by atoms with E-state index in [0.717, 1.165) is 11.3 Å². The molecule has 3 aromatic rings. The molecular formula is C16H18N4O. The molecule has 0 bridgehead atoms. The van der Waals surface area contributed by atoms with Crippen molar-refractivity contribution in [1.82, 2.24) is 15.2 Å². The van der Waals surface area contributed by atoms with E-state index in [2.05, 4.69) is 40.9 Å². The molecule has 0 spiro atoms. The molecule has 2 aromatic carbocycles. The molecule has 5 heteroatoms. The second-order valence-electron chi connectivity index (χ2n) is 4.93. The number of ether oxygens (including phenoxy) is 1. The predicted molar refractivity (Wildman–Crippen MR) is 82.9 cm³/mol.